The van der Waals surface area contributed by atoms with Gasteiger partial charge in [0.15, 0.2) is 0 Å². The number of halogens is 1. The van der Waals surface area contributed by atoms with Gasteiger partial charge < -0.3 is 5.32 Å². The number of carbonyl (C=O) groups excluding carboxylic acids is 1. The van der Waals surface area contributed by atoms with Gasteiger partial charge in [-0.25, -0.2) is 0 Å². The largest absolute Gasteiger partial charge is 0.356 e. The van der Waals surface area contributed by atoms with E-state index in [9.17, 15) is 4.79 Å². The van der Waals surface area contributed by atoms with Gasteiger partial charge in [-0.05, 0) is 29.2 Å². The summed E-state index contributed by atoms with van der Waals surface area (Å²) in [5.74, 6) is 0.110. The molecule has 0 unspecified atom stereocenters. The first-order valence-corrected chi connectivity index (χ1v) is 8.22. The number of nitrogens with one attached hydrogen (secondary N) is 1. The predicted octanol–water partition coefficient (Wildman–Crippen LogP) is 4.06. The van der Waals surface area contributed by atoms with E-state index in [1.165, 1.54) is 17.2 Å². The minimum atomic E-state index is 0.110. The lowest BCUT2D eigenvalue weighted by molar-refractivity contribution is -0.120. The summed E-state index contributed by atoms with van der Waals surface area (Å²) in [6.45, 7) is 0.777. The van der Waals surface area contributed by atoms with Gasteiger partial charge in [-0.1, -0.05) is 64.8 Å². The van der Waals surface area contributed by atoms with Crippen molar-refractivity contribution in [3.63, 3.8) is 0 Å². The van der Waals surface area contributed by atoms with Crippen molar-refractivity contribution in [3.05, 3.63) is 48.0 Å². The number of hydrogen-bond donors (Lipinski definition) is 1. The van der Waals surface area contributed by atoms with E-state index in [0.29, 0.717) is 6.42 Å². The molecule has 20 heavy (non-hydrogen) atoms. The third-order valence-electron chi connectivity index (χ3n) is 3.31. The van der Waals surface area contributed by atoms with Crippen LogP contribution in [0.3, 0.4) is 0 Å². The summed E-state index contributed by atoms with van der Waals surface area (Å²) < 4.78 is 0. The Morgan fingerprint density at radius 1 is 1.00 bits per heavy atom. The smallest absolute Gasteiger partial charge is 0.224 e. The molecule has 0 aliphatic rings. The maximum absolute atomic E-state index is 11.9. The summed E-state index contributed by atoms with van der Waals surface area (Å²) in [5.41, 5.74) is 1.07. The molecule has 0 atom stereocenters. The van der Waals surface area contributed by atoms with E-state index in [0.717, 1.165) is 30.3 Å². The number of benzene rings is 2. The van der Waals surface area contributed by atoms with Crippen molar-refractivity contribution < 1.29 is 4.79 Å². The zero-order valence-electron chi connectivity index (χ0n) is 11.6. The normalized spacial score (nSPS) is 10.7. The van der Waals surface area contributed by atoms with Crippen LogP contribution in [0.5, 0.6) is 0 Å². The van der Waals surface area contributed by atoms with E-state index in [4.69, 9.17) is 0 Å². The second kappa shape index (κ2) is 8.05. The fraction of sp³-hybridized carbons (Fsp3) is 0.353. The highest BCUT2D eigenvalue weighted by Gasteiger charge is 2.03. The minimum Gasteiger partial charge on any atom is -0.356 e. The molecular weight excluding hydrogens is 314 g/mol. The molecule has 106 valence electrons. The van der Waals surface area contributed by atoms with Crippen LogP contribution in [-0.4, -0.2) is 17.8 Å². The van der Waals surface area contributed by atoms with Gasteiger partial charge >= 0.3 is 0 Å². The highest BCUT2D eigenvalue weighted by Crippen LogP contribution is 2.15. The first kappa shape index (κ1) is 15.0. The van der Waals surface area contributed by atoms with Crippen LogP contribution in [0.25, 0.3) is 10.8 Å². The molecule has 1 amide bonds. The Hall–Kier alpha value is -1.35. The molecule has 2 nitrogen and oxygen atoms in total. The molecule has 0 aromatic heterocycles. The van der Waals surface area contributed by atoms with Crippen LogP contribution in [0.15, 0.2) is 42.5 Å². The van der Waals surface area contributed by atoms with Crippen LogP contribution in [-0.2, 0) is 11.2 Å². The Labute approximate surface area is 128 Å². The van der Waals surface area contributed by atoms with Crippen LogP contribution < -0.4 is 5.32 Å². The highest BCUT2D eigenvalue weighted by molar-refractivity contribution is 9.09. The van der Waals surface area contributed by atoms with Gasteiger partial charge in [-0.3, -0.25) is 4.79 Å². The van der Waals surface area contributed by atoms with Crippen molar-refractivity contribution in [3.8, 4) is 0 Å². The zero-order chi connectivity index (χ0) is 14.2. The number of carbonyl (C=O) groups is 1. The molecule has 0 heterocycles. The third-order valence-corrected chi connectivity index (χ3v) is 3.87. The fourth-order valence-electron chi connectivity index (χ4n) is 2.22. The van der Waals surface area contributed by atoms with Crippen LogP contribution in [0, 0.1) is 0 Å². The number of unbranched alkanes of at least 4 members (excludes halogenated alkanes) is 2. The van der Waals surface area contributed by atoms with Gasteiger partial charge in [0.2, 0.25) is 5.91 Å². The Morgan fingerprint density at radius 2 is 1.80 bits per heavy atom. The minimum absolute atomic E-state index is 0.110. The molecule has 1 N–H and O–H groups in total. The molecule has 0 saturated heterocycles. The van der Waals surface area contributed by atoms with Gasteiger partial charge in [0.25, 0.3) is 0 Å². The molecule has 0 bridgehead atoms. The molecular formula is C17H20BrNO. The van der Waals surface area contributed by atoms with Gasteiger partial charge in [0.05, 0.1) is 6.42 Å². The molecule has 2 rings (SSSR count). The molecule has 0 saturated carbocycles. The van der Waals surface area contributed by atoms with Crippen molar-refractivity contribution in [1.29, 1.82) is 0 Å². The second-order valence-corrected chi connectivity index (χ2v) is 5.75. The predicted molar refractivity (Wildman–Crippen MR) is 88.3 cm³/mol. The van der Waals surface area contributed by atoms with E-state index in [1.54, 1.807) is 0 Å². The number of fused-ring (bicyclic) bond motifs is 1. The highest BCUT2D eigenvalue weighted by atomic mass is 79.9. The molecule has 3 heteroatoms. The fourth-order valence-corrected chi connectivity index (χ4v) is 2.62. The summed E-state index contributed by atoms with van der Waals surface area (Å²) in [6, 6.07) is 14.4. The van der Waals surface area contributed by atoms with Crippen molar-refractivity contribution in [1.82, 2.24) is 5.32 Å². The molecule has 0 aliphatic carbocycles. The van der Waals surface area contributed by atoms with Crippen LogP contribution in [0.2, 0.25) is 0 Å². The molecule has 2 aromatic carbocycles. The standard InChI is InChI=1S/C17H20BrNO/c18-10-4-1-5-11-19-17(20)13-14-8-9-15-6-2-3-7-16(15)12-14/h2-3,6-9,12H,1,4-5,10-11,13H2,(H,19,20). The summed E-state index contributed by atoms with van der Waals surface area (Å²) >= 11 is 3.41. The monoisotopic (exact) mass is 333 g/mol. The maximum atomic E-state index is 11.9. The third kappa shape index (κ3) is 4.64. The zero-order valence-corrected chi connectivity index (χ0v) is 13.2. The Balaban J connectivity index is 1.83. The first-order chi connectivity index (χ1) is 9.79. The van der Waals surface area contributed by atoms with Crippen LogP contribution in [0.1, 0.15) is 24.8 Å². The van der Waals surface area contributed by atoms with Crippen molar-refractivity contribution in [2.24, 2.45) is 0 Å². The van der Waals surface area contributed by atoms with Crippen molar-refractivity contribution in [2.75, 3.05) is 11.9 Å². The Bertz CT molecular complexity index is 568. The average Bonchev–Trinajstić information content (AvgIpc) is 2.47. The summed E-state index contributed by atoms with van der Waals surface area (Å²) in [5, 5.41) is 6.43. The lowest BCUT2D eigenvalue weighted by atomic mass is 10.0. The van der Waals surface area contributed by atoms with Gasteiger partial charge in [0, 0.05) is 11.9 Å². The first-order valence-electron chi connectivity index (χ1n) is 7.10. The van der Waals surface area contributed by atoms with E-state index < -0.39 is 0 Å². The Kier molecular flexibility index (Phi) is 6.06. The van der Waals surface area contributed by atoms with E-state index in [2.05, 4.69) is 45.5 Å². The average molecular weight is 334 g/mol. The summed E-state index contributed by atoms with van der Waals surface area (Å²) in [4.78, 5) is 11.9. The van der Waals surface area contributed by atoms with Crippen molar-refractivity contribution in [2.45, 2.75) is 25.7 Å². The summed E-state index contributed by atoms with van der Waals surface area (Å²) in [7, 11) is 0. The quantitative estimate of drug-likeness (QED) is 0.600. The Morgan fingerprint density at radius 3 is 2.60 bits per heavy atom. The lowest BCUT2D eigenvalue weighted by Crippen LogP contribution is -2.26. The van der Waals surface area contributed by atoms with Crippen molar-refractivity contribution >= 4 is 32.6 Å². The van der Waals surface area contributed by atoms with E-state index >= 15 is 0 Å². The molecule has 0 fully saturated rings. The number of hydrogen-bond acceptors (Lipinski definition) is 1. The van der Waals surface area contributed by atoms with E-state index in [-0.39, 0.29) is 5.91 Å². The molecule has 0 aliphatic heterocycles. The number of amides is 1. The lowest BCUT2D eigenvalue weighted by Gasteiger charge is -2.06. The van der Waals surface area contributed by atoms with Gasteiger partial charge in [0.1, 0.15) is 0 Å². The van der Waals surface area contributed by atoms with Crippen LogP contribution in [0.4, 0.5) is 0 Å². The van der Waals surface area contributed by atoms with Gasteiger partial charge in [-0.2, -0.15) is 0 Å². The number of rotatable bonds is 7. The molecule has 2 aromatic rings. The van der Waals surface area contributed by atoms with Gasteiger partial charge in [-0.15, -0.1) is 0 Å². The second-order valence-electron chi connectivity index (χ2n) is 4.96. The summed E-state index contributed by atoms with van der Waals surface area (Å²) in [6.07, 6.45) is 3.83. The van der Waals surface area contributed by atoms with Crippen LogP contribution >= 0.6 is 15.9 Å². The van der Waals surface area contributed by atoms with E-state index in [1.807, 2.05) is 18.2 Å². The number of alkyl halides is 1. The SMILES string of the molecule is O=C(Cc1ccc2ccccc2c1)NCCCCCBr. The topological polar surface area (TPSA) is 29.1 Å². The molecule has 0 radical (unpaired) electrons. The molecule has 0 spiro atoms. The maximum Gasteiger partial charge on any atom is 0.224 e.